The van der Waals surface area contributed by atoms with E-state index in [4.69, 9.17) is 21.1 Å². The van der Waals surface area contributed by atoms with E-state index >= 15 is 0 Å². The highest BCUT2D eigenvalue weighted by atomic mass is 35.5. The number of anilines is 1. The maximum absolute atomic E-state index is 12.8. The Morgan fingerprint density at radius 3 is 2.47 bits per heavy atom. The summed E-state index contributed by atoms with van der Waals surface area (Å²) in [6.45, 7) is 2.17. The molecular weight excluding hydrogens is 475 g/mol. The van der Waals surface area contributed by atoms with E-state index < -0.39 is 6.36 Å². The minimum Gasteiger partial charge on any atom is -0.490 e. The monoisotopic (exact) mass is 501 g/mol. The van der Waals surface area contributed by atoms with Crippen LogP contribution in [0.15, 0.2) is 35.3 Å². The van der Waals surface area contributed by atoms with E-state index in [0.29, 0.717) is 56.2 Å². The van der Waals surface area contributed by atoms with E-state index in [1.54, 1.807) is 6.20 Å². The molecule has 4 rings (SSSR count). The fourth-order valence-electron chi connectivity index (χ4n) is 4.37. The van der Waals surface area contributed by atoms with E-state index in [-0.39, 0.29) is 28.5 Å². The van der Waals surface area contributed by atoms with E-state index in [9.17, 15) is 18.0 Å². The van der Waals surface area contributed by atoms with Gasteiger partial charge >= 0.3 is 6.36 Å². The van der Waals surface area contributed by atoms with Crippen molar-refractivity contribution in [1.82, 2.24) is 9.78 Å². The third kappa shape index (κ3) is 6.56. The van der Waals surface area contributed by atoms with Gasteiger partial charge < -0.3 is 19.5 Å². The standard InChI is InChI=1S/C23H27ClF3N3O4/c24-21-20(28-12-15-2-1-11-32-14-15)13-29-30(22(21)31)16-3-5-17(6-4-16)33-18-7-9-19(10-8-18)34-23(25,26)27/h7-10,13,15-17,28H,1-6,11-12,14H2/t15-,16?,17?/m1/s1. The molecule has 0 amide bonds. The predicted octanol–water partition coefficient (Wildman–Crippen LogP) is 5.20. The van der Waals surface area contributed by atoms with Crippen molar-refractivity contribution >= 4 is 17.3 Å². The summed E-state index contributed by atoms with van der Waals surface area (Å²) < 4.78 is 53.5. The third-order valence-corrected chi connectivity index (χ3v) is 6.49. The molecule has 2 aliphatic rings. The fourth-order valence-corrected chi connectivity index (χ4v) is 4.57. The number of aromatic nitrogens is 2. The summed E-state index contributed by atoms with van der Waals surface area (Å²) in [6.07, 6.45) is 1.59. The van der Waals surface area contributed by atoms with E-state index in [2.05, 4.69) is 15.2 Å². The number of halogens is 4. The van der Waals surface area contributed by atoms with Gasteiger partial charge in [0.15, 0.2) is 0 Å². The first-order valence-electron chi connectivity index (χ1n) is 11.4. The van der Waals surface area contributed by atoms with Crippen molar-refractivity contribution in [3.8, 4) is 11.5 Å². The summed E-state index contributed by atoms with van der Waals surface area (Å²) in [4.78, 5) is 12.8. The van der Waals surface area contributed by atoms with E-state index in [1.807, 2.05) is 0 Å². The molecule has 2 aromatic rings. The minimum atomic E-state index is -4.73. The zero-order chi connectivity index (χ0) is 24.1. The first kappa shape index (κ1) is 24.7. The minimum absolute atomic E-state index is 0.0896. The summed E-state index contributed by atoms with van der Waals surface area (Å²) in [5.74, 6) is 0.557. The van der Waals surface area contributed by atoms with Crippen molar-refractivity contribution in [2.24, 2.45) is 5.92 Å². The van der Waals surface area contributed by atoms with Crippen LogP contribution in [-0.4, -0.2) is 42.0 Å². The number of rotatable bonds is 7. The lowest BCUT2D eigenvalue weighted by Gasteiger charge is -2.29. The van der Waals surface area contributed by atoms with Crippen LogP contribution < -0.4 is 20.3 Å². The van der Waals surface area contributed by atoms with Crippen LogP contribution in [0.25, 0.3) is 0 Å². The van der Waals surface area contributed by atoms with Gasteiger partial charge in [0.1, 0.15) is 16.5 Å². The van der Waals surface area contributed by atoms with Crippen molar-refractivity contribution < 1.29 is 27.4 Å². The fraction of sp³-hybridized carbons (Fsp3) is 0.565. The summed E-state index contributed by atoms with van der Waals surface area (Å²) in [5.41, 5.74) is 0.208. The van der Waals surface area contributed by atoms with Crippen LogP contribution in [0, 0.1) is 5.92 Å². The SMILES string of the molecule is O=c1c(Cl)c(NC[C@H]2CCCOC2)cnn1C1CCC(Oc2ccc(OC(F)(F)F)cc2)CC1. The topological polar surface area (TPSA) is 74.6 Å². The molecule has 0 radical (unpaired) electrons. The molecule has 1 aromatic carbocycles. The van der Waals surface area contributed by atoms with Crippen LogP contribution in [0.4, 0.5) is 18.9 Å². The highest BCUT2D eigenvalue weighted by Crippen LogP contribution is 2.32. The lowest BCUT2D eigenvalue weighted by molar-refractivity contribution is -0.274. The van der Waals surface area contributed by atoms with Gasteiger partial charge in [-0.2, -0.15) is 5.10 Å². The lowest BCUT2D eigenvalue weighted by Crippen LogP contribution is -2.33. The highest BCUT2D eigenvalue weighted by molar-refractivity contribution is 6.32. The van der Waals surface area contributed by atoms with Crippen molar-refractivity contribution in [3.05, 3.63) is 45.8 Å². The molecule has 1 N–H and O–H groups in total. The molecule has 1 aliphatic heterocycles. The highest BCUT2D eigenvalue weighted by Gasteiger charge is 2.31. The first-order valence-corrected chi connectivity index (χ1v) is 11.8. The molecule has 1 atom stereocenters. The maximum Gasteiger partial charge on any atom is 0.573 e. The number of nitrogens with one attached hydrogen (secondary N) is 1. The van der Waals surface area contributed by atoms with Gasteiger partial charge in [0, 0.05) is 13.2 Å². The Labute approximate surface area is 200 Å². The Morgan fingerprint density at radius 1 is 1.12 bits per heavy atom. The van der Waals surface area contributed by atoms with Gasteiger partial charge in [-0.1, -0.05) is 11.6 Å². The molecule has 186 valence electrons. The van der Waals surface area contributed by atoms with Crippen LogP contribution in [0.2, 0.25) is 5.02 Å². The molecule has 11 heteroatoms. The van der Waals surface area contributed by atoms with Gasteiger partial charge in [-0.05, 0) is 68.7 Å². The largest absolute Gasteiger partial charge is 0.573 e. The van der Waals surface area contributed by atoms with Gasteiger partial charge in [0.25, 0.3) is 5.56 Å². The van der Waals surface area contributed by atoms with Crippen molar-refractivity contribution in [3.63, 3.8) is 0 Å². The zero-order valence-electron chi connectivity index (χ0n) is 18.5. The second-order valence-electron chi connectivity index (χ2n) is 8.65. The molecule has 1 saturated heterocycles. The van der Waals surface area contributed by atoms with Crippen LogP contribution >= 0.6 is 11.6 Å². The quantitative estimate of drug-likeness (QED) is 0.562. The average molecular weight is 502 g/mol. The molecule has 1 aromatic heterocycles. The number of hydrogen-bond acceptors (Lipinski definition) is 6. The Kier molecular flexibility index (Phi) is 7.88. The summed E-state index contributed by atoms with van der Waals surface area (Å²) in [7, 11) is 0. The Balaban J connectivity index is 1.29. The van der Waals surface area contributed by atoms with E-state index in [0.717, 1.165) is 19.4 Å². The Bertz CT molecular complexity index is 1000. The van der Waals surface area contributed by atoms with Gasteiger partial charge in [0.2, 0.25) is 0 Å². The van der Waals surface area contributed by atoms with Crippen LogP contribution in [0.3, 0.4) is 0 Å². The Hall–Kier alpha value is -2.46. The average Bonchev–Trinajstić information content (AvgIpc) is 2.82. The number of ether oxygens (including phenoxy) is 3. The molecular formula is C23H27ClF3N3O4. The maximum atomic E-state index is 12.8. The Morgan fingerprint density at radius 2 is 1.82 bits per heavy atom. The van der Waals surface area contributed by atoms with E-state index in [1.165, 1.54) is 28.9 Å². The number of hydrogen-bond donors (Lipinski definition) is 1. The smallest absolute Gasteiger partial charge is 0.490 e. The molecule has 0 spiro atoms. The van der Waals surface area contributed by atoms with Gasteiger partial charge in [-0.25, -0.2) is 4.68 Å². The van der Waals surface area contributed by atoms with Gasteiger partial charge in [0.05, 0.1) is 30.6 Å². The van der Waals surface area contributed by atoms with Crippen LogP contribution in [0.1, 0.15) is 44.6 Å². The molecule has 0 bridgehead atoms. The molecule has 2 fully saturated rings. The molecule has 1 aliphatic carbocycles. The van der Waals surface area contributed by atoms with Crippen LogP contribution in [-0.2, 0) is 4.74 Å². The summed E-state index contributed by atoms with van der Waals surface area (Å²) in [5, 5.41) is 7.71. The molecule has 0 unspecified atom stereocenters. The molecule has 2 heterocycles. The van der Waals surface area contributed by atoms with Crippen LogP contribution in [0.5, 0.6) is 11.5 Å². The number of nitrogens with zero attached hydrogens (tertiary/aromatic N) is 2. The molecule has 7 nitrogen and oxygen atoms in total. The van der Waals surface area contributed by atoms with Gasteiger partial charge in [-0.15, -0.1) is 13.2 Å². The third-order valence-electron chi connectivity index (χ3n) is 6.13. The number of benzene rings is 1. The normalized spacial score (nSPS) is 23.4. The predicted molar refractivity (Wildman–Crippen MR) is 121 cm³/mol. The van der Waals surface area contributed by atoms with Gasteiger partial charge in [-0.3, -0.25) is 4.79 Å². The summed E-state index contributed by atoms with van der Waals surface area (Å²) >= 11 is 6.35. The second-order valence-corrected chi connectivity index (χ2v) is 9.03. The summed E-state index contributed by atoms with van der Waals surface area (Å²) in [6, 6.07) is 5.25. The van der Waals surface area contributed by atoms with Crippen molar-refractivity contribution in [1.29, 1.82) is 0 Å². The molecule has 34 heavy (non-hydrogen) atoms. The van der Waals surface area contributed by atoms with Crippen molar-refractivity contribution in [2.75, 3.05) is 25.1 Å². The molecule has 1 saturated carbocycles. The first-order chi connectivity index (χ1) is 16.3. The lowest BCUT2D eigenvalue weighted by atomic mass is 9.93. The number of alkyl halides is 3. The second kappa shape index (κ2) is 10.9. The zero-order valence-corrected chi connectivity index (χ0v) is 19.3. The van der Waals surface area contributed by atoms with Crippen molar-refractivity contribution in [2.45, 2.75) is 57.0 Å².